The number of H-pyrrole nitrogens is 2. The number of carbonyl (C=O) groups is 1. The van der Waals surface area contributed by atoms with Gasteiger partial charge in [-0.3, -0.25) is 5.10 Å². The molecule has 28 heavy (non-hydrogen) atoms. The van der Waals surface area contributed by atoms with Gasteiger partial charge in [0, 0.05) is 17.0 Å². The third-order valence-corrected chi connectivity index (χ3v) is 6.70. The lowest BCUT2D eigenvalue weighted by Gasteiger charge is -2.46. The minimum absolute atomic E-state index is 0.00669. The highest BCUT2D eigenvalue weighted by molar-refractivity contribution is 6.31. The Bertz CT molecular complexity index is 1130. The number of benzene rings is 1. The van der Waals surface area contributed by atoms with Crippen LogP contribution in [0.25, 0.3) is 22.3 Å². The second-order valence-corrected chi connectivity index (χ2v) is 8.54. The molecule has 3 aromatic rings. The summed E-state index contributed by atoms with van der Waals surface area (Å²) in [5, 5.41) is 11.6. The Balaban J connectivity index is 1.44. The van der Waals surface area contributed by atoms with Gasteiger partial charge in [-0.15, -0.1) is 0 Å². The molecule has 144 valence electrons. The van der Waals surface area contributed by atoms with Crippen molar-refractivity contribution in [2.24, 2.45) is 0 Å². The first-order valence-electron chi connectivity index (χ1n) is 9.70. The fraction of sp³-hybridized carbons (Fsp3) is 0.400. The van der Waals surface area contributed by atoms with E-state index in [9.17, 15) is 9.18 Å². The summed E-state index contributed by atoms with van der Waals surface area (Å²) in [5.74, 6) is -0.457. The van der Waals surface area contributed by atoms with Crippen LogP contribution in [0.1, 0.15) is 43.4 Å². The van der Waals surface area contributed by atoms with Gasteiger partial charge in [-0.25, -0.2) is 9.18 Å². The van der Waals surface area contributed by atoms with Gasteiger partial charge in [0.2, 0.25) is 0 Å². The van der Waals surface area contributed by atoms with E-state index >= 15 is 0 Å². The molecule has 0 unspecified atom stereocenters. The van der Waals surface area contributed by atoms with Crippen LogP contribution < -0.4 is 5.32 Å². The predicted octanol–water partition coefficient (Wildman–Crippen LogP) is 4.42. The highest BCUT2D eigenvalue weighted by Gasteiger charge is 2.54. The maximum Gasteiger partial charge on any atom is 0.318 e. The number of hydrogen-bond acceptors (Lipinski definition) is 2. The Morgan fingerprint density at radius 1 is 1.36 bits per heavy atom. The van der Waals surface area contributed by atoms with Gasteiger partial charge >= 0.3 is 6.03 Å². The van der Waals surface area contributed by atoms with Crippen LogP contribution in [0.5, 0.6) is 0 Å². The van der Waals surface area contributed by atoms with E-state index in [0.717, 1.165) is 60.1 Å². The maximum atomic E-state index is 14.4. The van der Waals surface area contributed by atoms with Gasteiger partial charge in [-0.2, -0.15) is 5.10 Å². The van der Waals surface area contributed by atoms with E-state index in [0.29, 0.717) is 18.1 Å². The highest BCUT2D eigenvalue weighted by atomic mass is 35.5. The molecular weight excluding hydrogens is 381 g/mol. The second kappa shape index (κ2) is 5.50. The molecule has 1 aliphatic heterocycles. The molecule has 1 spiro atoms. The highest BCUT2D eigenvalue weighted by Crippen LogP contribution is 2.54. The zero-order chi connectivity index (χ0) is 19.0. The van der Waals surface area contributed by atoms with Gasteiger partial charge in [-0.05, 0) is 44.2 Å². The molecule has 2 aliphatic carbocycles. The van der Waals surface area contributed by atoms with Crippen molar-refractivity contribution in [1.82, 2.24) is 25.4 Å². The third-order valence-electron chi connectivity index (χ3n) is 6.41. The van der Waals surface area contributed by atoms with E-state index in [-0.39, 0.29) is 16.6 Å². The van der Waals surface area contributed by atoms with Crippen LogP contribution >= 0.6 is 11.6 Å². The summed E-state index contributed by atoms with van der Waals surface area (Å²) in [5.41, 5.74) is 3.61. The number of aromatic nitrogens is 3. The molecule has 3 heterocycles. The van der Waals surface area contributed by atoms with E-state index in [1.54, 1.807) is 12.1 Å². The molecule has 0 atom stereocenters. The molecule has 2 aromatic heterocycles. The lowest BCUT2D eigenvalue weighted by atomic mass is 9.71. The van der Waals surface area contributed by atoms with Crippen molar-refractivity contribution < 1.29 is 9.18 Å². The Kier molecular flexibility index (Phi) is 3.23. The lowest BCUT2D eigenvalue weighted by molar-refractivity contribution is 0.0556. The van der Waals surface area contributed by atoms with E-state index in [1.165, 1.54) is 0 Å². The van der Waals surface area contributed by atoms with Crippen LogP contribution in [-0.2, 0) is 12.1 Å². The van der Waals surface area contributed by atoms with Gasteiger partial charge in [0.05, 0.1) is 34.0 Å². The van der Waals surface area contributed by atoms with Crippen LogP contribution in [0.3, 0.4) is 0 Å². The number of aromatic amines is 2. The molecule has 1 aromatic carbocycles. The standard InChI is InChI=1S/C20H19ClFN5O/c21-12-5-2-10-8-13(24-17(10)16(12)22)18-15-14(25-26-18)9-27(20(15)6-1-7-20)19(28)23-11-3-4-11/h2,5,8,11,24H,1,3-4,6-7,9H2,(H,23,28)(H,25,26). The summed E-state index contributed by atoms with van der Waals surface area (Å²) in [7, 11) is 0. The summed E-state index contributed by atoms with van der Waals surface area (Å²) in [6, 6.07) is 5.57. The molecule has 0 bridgehead atoms. The number of amides is 2. The normalized spacial score (nSPS) is 19.9. The van der Waals surface area contributed by atoms with Gasteiger partial charge in [0.1, 0.15) is 5.69 Å². The van der Waals surface area contributed by atoms with Crippen LogP contribution in [0, 0.1) is 5.82 Å². The molecule has 8 heteroatoms. The third kappa shape index (κ3) is 2.13. The molecule has 2 saturated carbocycles. The Labute approximate surface area is 165 Å². The van der Waals surface area contributed by atoms with Crippen molar-refractivity contribution in [2.75, 3.05) is 0 Å². The van der Waals surface area contributed by atoms with Crippen molar-refractivity contribution in [3.8, 4) is 11.4 Å². The average molecular weight is 400 g/mol. The Hall–Kier alpha value is -2.54. The first kappa shape index (κ1) is 16.4. The minimum Gasteiger partial charge on any atom is -0.351 e. The topological polar surface area (TPSA) is 76.8 Å². The monoisotopic (exact) mass is 399 g/mol. The number of nitrogens with zero attached hydrogens (tertiary/aromatic N) is 2. The number of rotatable bonds is 2. The number of carbonyl (C=O) groups excluding carboxylic acids is 1. The van der Waals surface area contributed by atoms with Crippen molar-refractivity contribution in [2.45, 2.75) is 50.2 Å². The zero-order valence-corrected chi connectivity index (χ0v) is 15.9. The quantitative estimate of drug-likeness (QED) is 0.596. The van der Waals surface area contributed by atoms with Crippen molar-refractivity contribution in [3.05, 3.63) is 40.3 Å². The lowest BCUT2D eigenvalue weighted by Crippen LogP contribution is -2.53. The molecule has 0 radical (unpaired) electrons. The summed E-state index contributed by atoms with van der Waals surface area (Å²) >= 11 is 5.93. The molecular formula is C20H19ClFN5O. The SMILES string of the molecule is O=C(NC1CC1)N1Cc2[nH]nc(-c3cc4ccc(Cl)c(F)c4[nH]3)c2C12CCC2. The van der Waals surface area contributed by atoms with E-state index in [2.05, 4.69) is 20.5 Å². The molecule has 3 N–H and O–H groups in total. The molecule has 2 amide bonds. The fourth-order valence-electron chi connectivity index (χ4n) is 4.68. The minimum atomic E-state index is -0.457. The average Bonchev–Trinajstić information content (AvgIpc) is 3.06. The van der Waals surface area contributed by atoms with Crippen molar-refractivity contribution >= 4 is 28.5 Å². The van der Waals surface area contributed by atoms with E-state index < -0.39 is 5.82 Å². The zero-order valence-electron chi connectivity index (χ0n) is 15.1. The van der Waals surface area contributed by atoms with E-state index in [4.69, 9.17) is 11.6 Å². The van der Waals surface area contributed by atoms with Crippen LogP contribution in [0.15, 0.2) is 18.2 Å². The van der Waals surface area contributed by atoms with Gasteiger partial charge < -0.3 is 15.2 Å². The van der Waals surface area contributed by atoms with Gasteiger partial charge in [-0.1, -0.05) is 17.7 Å². The number of fused-ring (bicyclic) bond motifs is 3. The molecule has 0 saturated heterocycles. The molecule has 2 fully saturated rings. The summed E-state index contributed by atoms with van der Waals surface area (Å²) in [4.78, 5) is 18.0. The van der Waals surface area contributed by atoms with Crippen molar-refractivity contribution in [3.63, 3.8) is 0 Å². The predicted molar refractivity (Wildman–Crippen MR) is 103 cm³/mol. The van der Waals surface area contributed by atoms with Crippen LogP contribution in [0.4, 0.5) is 9.18 Å². The summed E-state index contributed by atoms with van der Waals surface area (Å²) in [6.07, 6.45) is 5.05. The van der Waals surface area contributed by atoms with Crippen LogP contribution in [0.2, 0.25) is 5.02 Å². The number of nitrogens with one attached hydrogen (secondary N) is 3. The second-order valence-electron chi connectivity index (χ2n) is 8.13. The molecule has 3 aliphatic rings. The summed E-state index contributed by atoms with van der Waals surface area (Å²) in [6.45, 7) is 0.529. The molecule has 6 nitrogen and oxygen atoms in total. The van der Waals surface area contributed by atoms with E-state index in [1.807, 2.05) is 11.0 Å². The smallest absolute Gasteiger partial charge is 0.318 e. The van der Waals surface area contributed by atoms with Crippen molar-refractivity contribution in [1.29, 1.82) is 0 Å². The largest absolute Gasteiger partial charge is 0.351 e. The first-order valence-corrected chi connectivity index (χ1v) is 10.1. The summed E-state index contributed by atoms with van der Waals surface area (Å²) < 4.78 is 14.4. The Morgan fingerprint density at radius 3 is 2.89 bits per heavy atom. The fourth-order valence-corrected chi connectivity index (χ4v) is 4.84. The first-order chi connectivity index (χ1) is 13.6. The maximum absolute atomic E-state index is 14.4. The van der Waals surface area contributed by atoms with Gasteiger partial charge in [0.15, 0.2) is 5.82 Å². The number of halogens is 2. The number of hydrogen-bond donors (Lipinski definition) is 3. The molecule has 6 rings (SSSR count). The Morgan fingerprint density at radius 2 is 2.18 bits per heavy atom. The number of urea groups is 1. The van der Waals surface area contributed by atoms with Gasteiger partial charge in [0.25, 0.3) is 0 Å². The van der Waals surface area contributed by atoms with Crippen LogP contribution in [-0.4, -0.2) is 32.2 Å².